The van der Waals surface area contributed by atoms with E-state index in [-0.39, 0.29) is 6.03 Å². The Labute approximate surface area is 148 Å². The molecule has 2 aromatic carbocycles. The summed E-state index contributed by atoms with van der Waals surface area (Å²) in [4.78, 5) is 16.7. The van der Waals surface area contributed by atoms with Gasteiger partial charge in [-0.05, 0) is 48.7 Å². The molecule has 5 heteroatoms. The van der Waals surface area contributed by atoms with Gasteiger partial charge in [0.1, 0.15) is 5.75 Å². The molecule has 1 fully saturated rings. The number of rotatable bonds is 3. The van der Waals surface area contributed by atoms with Gasteiger partial charge in [0.05, 0.1) is 13.2 Å². The molecular weight excluding hydrogens is 314 g/mol. The molecule has 0 saturated carbocycles. The molecule has 5 nitrogen and oxygen atoms in total. The van der Waals surface area contributed by atoms with E-state index in [1.807, 2.05) is 29.2 Å². The first-order valence-electron chi connectivity index (χ1n) is 8.79. The highest BCUT2D eigenvalue weighted by Crippen LogP contribution is 2.31. The number of carbonyl (C=O) groups excluding carboxylic acids is 1. The third-order valence-electron chi connectivity index (χ3n) is 5.08. The average Bonchev–Trinajstić information content (AvgIpc) is 2.61. The Bertz CT molecular complexity index is 754. The molecule has 1 saturated heterocycles. The number of carbonyl (C=O) groups is 1. The Kier molecular flexibility index (Phi) is 4.22. The SMILES string of the molecule is COc1ccc(NC(=O)N2CC(N3CCCc4ccccc43)C2)cc1. The van der Waals surface area contributed by atoms with Crippen molar-refractivity contribution in [2.45, 2.75) is 18.9 Å². The van der Waals surface area contributed by atoms with Gasteiger partial charge in [-0.25, -0.2) is 4.79 Å². The minimum Gasteiger partial charge on any atom is -0.497 e. The summed E-state index contributed by atoms with van der Waals surface area (Å²) < 4.78 is 5.14. The van der Waals surface area contributed by atoms with Crippen LogP contribution in [0.25, 0.3) is 0 Å². The Hall–Kier alpha value is -2.69. The Morgan fingerprint density at radius 1 is 1.12 bits per heavy atom. The summed E-state index contributed by atoms with van der Waals surface area (Å²) in [6.07, 6.45) is 2.34. The molecule has 0 unspecified atom stereocenters. The van der Waals surface area contributed by atoms with Crippen LogP contribution in [0, 0.1) is 0 Å². The highest BCUT2D eigenvalue weighted by molar-refractivity contribution is 5.90. The summed E-state index contributed by atoms with van der Waals surface area (Å²) in [7, 11) is 1.63. The second-order valence-corrected chi connectivity index (χ2v) is 6.64. The number of aryl methyl sites for hydroxylation is 1. The predicted molar refractivity (Wildman–Crippen MR) is 99.5 cm³/mol. The molecule has 2 aliphatic rings. The molecule has 4 rings (SSSR count). The smallest absolute Gasteiger partial charge is 0.321 e. The molecular formula is C20H23N3O2. The third-order valence-corrected chi connectivity index (χ3v) is 5.08. The standard InChI is InChI=1S/C20H23N3O2/c1-25-18-10-8-16(9-11-18)21-20(24)22-13-17(14-22)23-12-4-6-15-5-2-3-7-19(15)23/h2-3,5,7-11,17H,4,6,12-14H2,1H3,(H,21,24). The van der Waals surface area contributed by atoms with Crippen molar-refractivity contribution in [1.29, 1.82) is 0 Å². The number of hydrogen-bond donors (Lipinski definition) is 1. The lowest BCUT2D eigenvalue weighted by molar-refractivity contribution is 0.160. The highest BCUT2D eigenvalue weighted by Gasteiger charge is 2.36. The molecule has 0 aromatic heterocycles. The summed E-state index contributed by atoms with van der Waals surface area (Å²) in [5.74, 6) is 0.783. The molecule has 0 bridgehead atoms. The van der Waals surface area contributed by atoms with E-state index < -0.39 is 0 Å². The maximum absolute atomic E-state index is 12.4. The first-order valence-corrected chi connectivity index (χ1v) is 8.79. The number of amides is 2. The van der Waals surface area contributed by atoms with Crippen LogP contribution in [-0.4, -0.2) is 43.7 Å². The summed E-state index contributed by atoms with van der Waals surface area (Å²) in [6.45, 7) is 2.63. The Morgan fingerprint density at radius 3 is 2.64 bits per heavy atom. The van der Waals surface area contributed by atoms with Crippen molar-refractivity contribution in [3.63, 3.8) is 0 Å². The second-order valence-electron chi connectivity index (χ2n) is 6.64. The largest absolute Gasteiger partial charge is 0.497 e. The van der Waals surface area contributed by atoms with Crippen LogP contribution in [0.4, 0.5) is 16.2 Å². The lowest BCUT2D eigenvalue weighted by Crippen LogP contribution is -2.62. The van der Waals surface area contributed by atoms with E-state index in [0.717, 1.165) is 37.5 Å². The zero-order valence-electron chi connectivity index (χ0n) is 14.4. The number of nitrogens with zero attached hydrogens (tertiary/aromatic N) is 2. The quantitative estimate of drug-likeness (QED) is 0.934. The van der Waals surface area contributed by atoms with E-state index in [4.69, 9.17) is 4.74 Å². The molecule has 2 heterocycles. The van der Waals surface area contributed by atoms with Crippen molar-refractivity contribution >= 4 is 17.4 Å². The van der Waals surface area contributed by atoms with Gasteiger partial charge in [0.15, 0.2) is 0 Å². The normalized spacial score (nSPS) is 16.8. The summed E-state index contributed by atoms with van der Waals surface area (Å²) in [5.41, 5.74) is 3.56. The van der Waals surface area contributed by atoms with Gasteiger partial charge in [-0.3, -0.25) is 0 Å². The van der Waals surface area contributed by atoms with Gasteiger partial charge in [-0.2, -0.15) is 0 Å². The molecule has 0 radical (unpaired) electrons. The second kappa shape index (κ2) is 6.67. The van der Waals surface area contributed by atoms with Crippen molar-refractivity contribution < 1.29 is 9.53 Å². The van der Waals surface area contributed by atoms with Gasteiger partial charge in [-0.1, -0.05) is 18.2 Å². The number of fused-ring (bicyclic) bond motifs is 1. The summed E-state index contributed by atoms with van der Waals surface area (Å²) in [5, 5.41) is 2.95. The molecule has 0 aliphatic carbocycles. The lowest BCUT2D eigenvalue weighted by atomic mass is 9.97. The third kappa shape index (κ3) is 3.14. The number of ether oxygens (including phenoxy) is 1. The van der Waals surface area contributed by atoms with Crippen LogP contribution in [0.15, 0.2) is 48.5 Å². The molecule has 25 heavy (non-hydrogen) atoms. The minimum atomic E-state index is -0.0355. The monoisotopic (exact) mass is 337 g/mol. The topological polar surface area (TPSA) is 44.8 Å². The maximum atomic E-state index is 12.4. The minimum absolute atomic E-state index is 0.0355. The van der Waals surface area contributed by atoms with Crippen LogP contribution in [0.3, 0.4) is 0 Å². The van der Waals surface area contributed by atoms with Crippen molar-refractivity contribution in [3.8, 4) is 5.75 Å². The van der Waals surface area contributed by atoms with E-state index in [1.54, 1.807) is 7.11 Å². The average molecular weight is 337 g/mol. The molecule has 0 atom stereocenters. The number of anilines is 2. The molecule has 0 spiro atoms. The van der Waals surface area contributed by atoms with E-state index >= 15 is 0 Å². The van der Waals surface area contributed by atoms with Crippen LogP contribution in [-0.2, 0) is 6.42 Å². The van der Waals surface area contributed by atoms with E-state index in [9.17, 15) is 4.79 Å². The molecule has 130 valence electrons. The van der Waals surface area contributed by atoms with Crippen LogP contribution < -0.4 is 15.0 Å². The van der Waals surface area contributed by atoms with Crippen molar-refractivity contribution in [2.24, 2.45) is 0 Å². The first kappa shape index (κ1) is 15.8. The number of hydrogen-bond acceptors (Lipinski definition) is 3. The van der Waals surface area contributed by atoms with Gasteiger partial charge >= 0.3 is 6.03 Å². The van der Waals surface area contributed by atoms with Crippen molar-refractivity contribution in [1.82, 2.24) is 4.90 Å². The van der Waals surface area contributed by atoms with Gasteiger partial charge in [-0.15, -0.1) is 0 Å². The van der Waals surface area contributed by atoms with E-state index in [0.29, 0.717) is 6.04 Å². The van der Waals surface area contributed by atoms with E-state index in [1.165, 1.54) is 17.7 Å². The van der Waals surface area contributed by atoms with Crippen LogP contribution in [0.2, 0.25) is 0 Å². The number of nitrogens with one attached hydrogen (secondary N) is 1. The van der Waals surface area contributed by atoms with Gasteiger partial charge in [0, 0.05) is 31.0 Å². The van der Waals surface area contributed by atoms with Crippen LogP contribution in [0.5, 0.6) is 5.75 Å². The molecule has 2 aliphatic heterocycles. The molecule has 1 N–H and O–H groups in total. The zero-order chi connectivity index (χ0) is 17.2. The number of likely N-dealkylation sites (tertiary alicyclic amines) is 1. The number of para-hydroxylation sites is 1. The van der Waals surface area contributed by atoms with Crippen LogP contribution >= 0.6 is 0 Å². The fourth-order valence-electron chi connectivity index (χ4n) is 3.64. The van der Waals surface area contributed by atoms with Crippen molar-refractivity contribution in [3.05, 3.63) is 54.1 Å². The van der Waals surface area contributed by atoms with Crippen LogP contribution in [0.1, 0.15) is 12.0 Å². The van der Waals surface area contributed by atoms with E-state index in [2.05, 4.69) is 34.5 Å². The fraction of sp³-hybridized carbons (Fsp3) is 0.350. The zero-order valence-corrected chi connectivity index (χ0v) is 14.4. The molecule has 2 amide bonds. The number of benzene rings is 2. The molecule has 2 aromatic rings. The Morgan fingerprint density at radius 2 is 1.88 bits per heavy atom. The maximum Gasteiger partial charge on any atom is 0.321 e. The first-order chi connectivity index (χ1) is 12.2. The van der Waals surface area contributed by atoms with Gasteiger partial charge in [0.2, 0.25) is 0 Å². The fourth-order valence-corrected chi connectivity index (χ4v) is 3.64. The summed E-state index contributed by atoms with van der Waals surface area (Å²) >= 11 is 0. The van der Waals surface area contributed by atoms with Crippen molar-refractivity contribution in [2.75, 3.05) is 37.0 Å². The Balaban J connectivity index is 1.35. The summed E-state index contributed by atoms with van der Waals surface area (Å²) in [6, 6.07) is 16.4. The highest BCUT2D eigenvalue weighted by atomic mass is 16.5. The number of methoxy groups -OCH3 is 1. The van der Waals surface area contributed by atoms with Gasteiger partial charge < -0.3 is 19.9 Å². The van der Waals surface area contributed by atoms with Gasteiger partial charge in [0.25, 0.3) is 0 Å². The number of urea groups is 1. The lowest BCUT2D eigenvalue weighted by Gasteiger charge is -2.48. The predicted octanol–water partition coefficient (Wildman–Crippen LogP) is 3.36.